The smallest absolute Gasteiger partial charge is 0.350 e. The Balaban J connectivity index is 2.13. The number of ketones is 1. The minimum Gasteiger partial charge on any atom is -0.493 e. The van der Waals surface area contributed by atoms with E-state index in [0.717, 1.165) is 22.3 Å². The molecule has 0 fully saturated rings. The van der Waals surface area contributed by atoms with Crippen molar-refractivity contribution in [2.45, 2.75) is 58.7 Å². The first kappa shape index (κ1) is 22.7. The van der Waals surface area contributed by atoms with Gasteiger partial charge in [0.1, 0.15) is 0 Å². The minimum atomic E-state index is -1.27. The first-order valence-electron chi connectivity index (χ1n) is 10.5. The van der Waals surface area contributed by atoms with E-state index in [-0.39, 0.29) is 11.9 Å². The van der Waals surface area contributed by atoms with E-state index in [0.29, 0.717) is 36.5 Å². The van der Waals surface area contributed by atoms with Crippen LogP contribution >= 0.6 is 0 Å². The van der Waals surface area contributed by atoms with Crippen LogP contribution in [0.4, 0.5) is 0 Å². The fraction of sp³-hybridized carbons (Fsp3) is 0.440. The number of carbonyl (C=O) groups is 2. The third-order valence-electron chi connectivity index (χ3n) is 5.60. The number of carbonyl (C=O) groups excluding carboxylic acids is 2. The maximum absolute atomic E-state index is 12.8. The summed E-state index contributed by atoms with van der Waals surface area (Å²) in [6, 6.07) is 9.33. The van der Waals surface area contributed by atoms with E-state index < -0.39 is 11.6 Å². The molecule has 0 amide bonds. The fourth-order valence-corrected chi connectivity index (χ4v) is 3.66. The molecule has 31 heavy (non-hydrogen) atoms. The molecule has 3 rings (SSSR count). The van der Waals surface area contributed by atoms with Crippen molar-refractivity contribution in [2.24, 2.45) is 0 Å². The molecule has 1 unspecified atom stereocenters. The molecule has 2 aromatic rings. The zero-order valence-electron chi connectivity index (χ0n) is 19.0. The summed E-state index contributed by atoms with van der Waals surface area (Å²) in [6.45, 7) is 7.13. The van der Waals surface area contributed by atoms with E-state index in [1.165, 1.54) is 7.11 Å². The highest BCUT2D eigenvalue weighted by atomic mass is 16.6. The molecule has 2 aromatic carbocycles. The van der Waals surface area contributed by atoms with Gasteiger partial charge in [-0.3, -0.25) is 4.79 Å². The SMILES string of the molecule is CCC(C)OC(=O)C(C)(C)Oc1c(-c2cccc3c2CCC3=O)ccc(OC)c1OC. The molecule has 0 saturated carbocycles. The van der Waals surface area contributed by atoms with Gasteiger partial charge in [-0.1, -0.05) is 25.1 Å². The molecule has 0 heterocycles. The molecule has 0 spiro atoms. The number of fused-ring (bicyclic) bond motifs is 1. The van der Waals surface area contributed by atoms with Crippen LogP contribution in [0.1, 0.15) is 56.5 Å². The standard InChI is InChI=1S/C25H30O6/c1-7-15(2)30-24(27)25(3,4)31-22-19(12-14-21(28-5)23(22)29-6)16-9-8-10-18-17(16)11-13-20(18)26/h8-10,12,14-15H,7,11,13H2,1-6H3. The van der Waals surface area contributed by atoms with Gasteiger partial charge < -0.3 is 18.9 Å². The molecular formula is C25H30O6. The Morgan fingerprint density at radius 3 is 2.35 bits per heavy atom. The summed E-state index contributed by atoms with van der Waals surface area (Å²) in [5.74, 6) is 0.909. The lowest BCUT2D eigenvalue weighted by molar-refractivity contribution is -0.164. The Hall–Kier alpha value is -3.02. The third-order valence-corrected chi connectivity index (χ3v) is 5.60. The van der Waals surface area contributed by atoms with Crippen molar-refractivity contribution in [3.05, 3.63) is 41.5 Å². The summed E-state index contributed by atoms with van der Waals surface area (Å²) in [4.78, 5) is 25.1. The number of hydrogen-bond acceptors (Lipinski definition) is 6. The normalized spacial score (nSPS) is 14.1. The molecule has 6 heteroatoms. The number of hydrogen-bond donors (Lipinski definition) is 0. The van der Waals surface area contributed by atoms with Crippen molar-refractivity contribution in [2.75, 3.05) is 14.2 Å². The van der Waals surface area contributed by atoms with Crippen LogP contribution < -0.4 is 14.2 Å². The molecule has 1 aliphatic rings. The first-order valence-corrected chi connectivity index (χ1v) is 10.5. The van der Waals surface area contributed by atoms with Crippen LogP contribution in [0, 0.1) is 0 Å². The molecule has 0 bridgehead atoms. The van der Waals surface area contributed by atoms with Crippen LogP contribution in [0.3, 0.4) is 0 Å². The summed E-state index contributed by atoms with van der Waals surface area (Å²) in [6.07, 6.45) is 1.64. The van der Waals surface area contributed by atoms with Gasteiger partial charge in [0.25, 0.3) is 0 Å². The Bertz CT molecular complexity index is 992. The molecule has 0 saturated heterocycles. The van der Waals surface area contributed by atoms with E-state index in [4.69, 9.17) is 18.9 Å². The molecular weight excluding hydrogens is 396 g/mol. The molecule has 0 aromatic heterocycles. The average Bonchev–Trinajstić information content (AvgIpc) is 3.14. The van der Waals surface area contributed by atoms with Crippen molar-refractivity contribution in [3.63, 3.8) is 0 Å². The zero-order valence-corrected chi connectivity index (χ0v) is 19.0. The van der Waals surface area contributed by atoms with E-state index in [2.05, 4.69) is 0 Å². The Morgan fingerprint density at radius 1 is 1.00 bits per heavy atom. The van der Waals surface area contributed by atoms with Crippen LogP contribution in [0.5, 0.6) is 17.2 Å². The summed E-state index contributed by atoms with van der Waals surface area (Å²) in [5.41, 5.74) is 2.04. The second-order valence-electron chi connectivity index (χ2n) is 8.17. The van der Waals surface area contributed by atoms with E-state index >= 15 is 0 Å². The van der Waals surface area contributed by atoms with Gasteiger partial charge in [-0.05, 0) is 56.9 Å². The molecule has 166 valence electrons. The number of methoxy groups -OCH3 is 2. The van der Waals surface area contributed by atoms with Gasteiger partial charge in [-0.15, -0.1) is 0 Å². The van der Waals surface area contributed by atoms with Crippen LogP contribution in [0.15, 0.2) is 30.3 Å². The lowest BCUT2D eigenvalue weighted by Crippen LogP contribution is -2.41. The second-order valence-corrected chi connectivity index (χ2v) is 8.17. The minimum absolute atomic E-state index is 0.136. The maximum atomic E-state index is 12.8. The van der Waals surface area contributed by atoms with Crippen LogP contribution in [-0.4, -0.2) is 37.7 Å². The first-order chi connectivity index (χ1) is 14.7. The van der Waals surface area contributed by atoms with Gasteiger partial charge in [0, 0.05) is 17.5 Å². The highest BCUT2D eigenvalue weighted by Crippen LogP contribution is 2.47. The molecule has 0 radical (unpaired) electrons. The number of rotatable bonds is 8. The summed E-state index contributed by atoms with van der Waals surface area (Å²) in [7, 11) is 3.07. The largest absolute Gasteiger partial charge is 0.493 e. The zero-order chi connectivity index (χ0) is 22.8. The molecule has 1 atom stereocenters. The van der Waals surface area contributed by atoms with Crippen molar-refractivity contribution in [1.29, 1.82) is 0 Å². The highest BCUT2D eigenvalue weighted by molar-refractivity contribution is 6.02. The molecule has 1 aliphatic carbocycles. The van der Waals surface area contributed by atoms with Crippen LogP contribution in [-0.2, 0) is 16.0 Å². The number of Topliss-reactive ketones (excluding diaryl/α,β-unsaturated/α-hetero) is 1. The van der Waals surface area contributed by atoms with E-state index in [1.807, 2.05) is 38.1 Å². The summed E-state index contributed by atoms with van der Waals surface area (Å²) in [5, 5.41) is 0. The van der Waals surface area contributed by atoms with Gasteiger partial charge >= 0.3 is 5.97 Å². The van der Waals surface area contributed by atoms with Gasteiger partial charge in [-0.25, -0.2) is 4.79 Å². The van der Waals surface area contributed by atoms with Crippen molar-refractivity contribution >= 4 is 11.8 Å². The predicted octanol–water partition coefficient (Wildman–Crippen LogP) is 5.00. The number of benzene rings is 2. The lowest BCUT2D eigenvalue weighted by atomic mass is 9.95. The van der Waals surface area contributed by atoms with Crippen LogP contribution in [0.25, 0.3) is 11.1 Å². The maximum Gasteiger partial charge on any atom is 0.350 e. The third kappa shape index (κ3) is 4.38. The average molecular weight is 427 g/mol. The topological polar surface area (TPSA) is 71.1 Å². The van der Waals surface area contributed by atoms with E-state index in [1.54, 1.807) is 27.0 Å². The molecule has 6 nitrogen and oxygen atoms in total. The van der Waals surface area contributed by atoms with Gasteiger partial charge in [0.2, 0.25) is 5.75 Å². The highest BCUT2D eigenvalue weighted by Gasteiger charge is 2.36. The number of ether oxygens (including phenoxy) is 4. The fourth-order valence-electron chi connectivity index (χ4n) is 3.66. The predicted molar refractivity (Wildman–Crippen MR) is 118 cm³/mol. The van der Waals surface area contributed by atoms with Gasteiger partial charge in [0.05, 0.1) is 20.3 Å². The Morgan fingerprint density at radius 2 is 1.71 bits per heavy atom. The lowest BCUT2D eigenvalue weighted by Gasteiger charge is -2.29. The van der Waals surface area contributed by atoms with Gasteiger partial charge in [0.15, 0.2) is 22.9 Å². The monoisotopic (exact) mass is 426 g/mol. The summed E-state index contributed by atoms with van der Waals surface area (Å²) >= 11 is 0. The van der Waals surface area contributed by atoms with Crippen molar-refractivity contribution in [1.82, 2.24) is 0 Å². The van der Waals surface area contributed by atoms with E-state index in [9.17, 15) is 9.59 Å². The Labute approximate surface area is 183 Å². The second kappa shape index (κ2) is 9.00. The van der Waals surface area contributed by atoms with Crippen molar-refractivity contribution < 1.29 is 28.5 Å². The molecule has 0 N–H and O–H groups in total. The Kier molecular flexibility index (Phi) is 6.58. The number of esters is 1. The van der Waals surface area contributed by atoms with Gasteiger partial charge in [-0.2, -0.15) is 0 Å². The van der Waals surface area contributed by atoms with Crippen LogP contribution in [0.2, 0.25) is 0 Å². The summed E-state index contributed by atoms with van der Waals surface area (Å²) < 4.78 is 22.9. The quantitative estimate of drug-likeness (QED) is 0.553. The van der Waals surface area contributed by atoms with Crippen molar-refractivity contribution in [3.8, 4) is 28.4 Å². The molecule has 0 aliphatic heterocycles.